The van der Waals surface area contributed by atoms with E-state index in [9.17, 15) is 25.2 Å². The molecule has 4 N–H and O–H groups in total. The molecule has 1 aromatic carbocycles. The fourth-order valence-corrected chi connectivity index (χ4v) is 4.12. The minimum absolute atomic E-state index is 0.0961. The van der Waals surface area contributed by atoms with Crippen LogP contribution in [-0.4, -0.2) is 70.9 Å². The van der Waals surface area contributed by atoms with Gasteiger partial charge >= 0.3 is 5.63 Å². The average molecular weight is 437 g/mol. The van der Waals surface area contributed by atoms with Crippen molar-refractivity contribution < 1.29 is 39.2 Å². The van der Waals surface area contributed by atoms with Crippen LogP contribution in [0.1, 0.15) is 36.6 Å². The minimum atomic E-state index is -1.38. The van der Waals surface area contributed by atoms with E-state index in [1.54, 1.807) is 19.9 Å². The van der Waals surface area contributed by atoms with Crippen LogP contribution in [-0.2, 0) is 14.3 Å². The van der Waals surface area contributed by atoms with Crippen molar-refractivity contribution in [2.45, 2.75) is 50.8 Å². The Morgan fingerprint density at radius 1 is 1.26 bits per heavy atom. The van der Waals surface area contributed by atoms with Crippen LogP contribution in [0.15, 0.2) is 26.5 Å². The van der Waals surface area contributed by atoms with Gasteiger partial charge in [-0.2, -0.15) is 0 Å². The fourth-order valence-electron chi connectivity index (χ4n) is 4.12. The van der Waals surface area contributed by atoms with Gasteiger partial charge in [-0.05, 0) is 38.0 Å². The summed E-state index contributed by atoms with van der Waals surface area (Å²) in [4.78, 5) is 17.2. The molecular formula is C21H27NO9. The first-order chi connectivity index (χ1) is 14.6. The largest absolute Gasteiger partial charge is 0.506 e. The van der Waals surface area contributed by atoms with Crippen molar-refractivity contribution in [1.29, 1.82) is 0 Å². The number of fused-ring (bicyclic) bond motifs is 1. The molecule has 10 nitrogen and oxygen atoms in total. The molecule has 0 aliphatic carbocycles. The summed E-state index contributed by atoms with van der Waals surface area (Å²) >= 11 is 0. The molecule has 2 heterocycles. The lowest BCUT2D eigenvalue weighted by molar-refractivity contribution is -0.279. The summed E-state index contributed by atoms with van der Waals surface area (Å²) in [6, 6.07) is 3.11. The molecule has 0 amide bonds. The van der Waals surface area contributed by atoms with Crippen LogP contribution >= 0.6 is 0 Å². The number of ether oxygens (including phenoxy) is 2. The van der Waals surface area contributed by atoms with E-state index >= 15 is 0 Å². The highest BCUT2D eigenvalue weighted by atomic mass is 16.6. The second kappa shape index (κ2) is 8.56. The number of aliphatic hydroxyl groups excluding tert-OH is 3. The van der Waals surface area contributed by atoms with E-state index < -0.39 is 42.2 Å². The molecule has 1 aliphatic heterocycles. The first-order valence-corrected chi connectivity index (χ1v) is 9.66. The molecule has 1 fully saturated rings. The Balaban J connectivity index is 2.16. The van der Waals surface area contributed by atoms with Gasteiger partial charge in [0.2, 0.25) is 0 Å². The SMILES string of the molecule is CON=C(C)c1c(O)c2ccc([C@@H]3O[C@](C)(CO)[C@H](OC)[C@H](O)[C@H]3O)c(C)c2oc1=O. The number of hydrogen-bond acceptors (Lipinski definition) is 10. The monoisotopic (exact) mass is 437 g/mol. The number of aryl methyl sites for hydroxylation is 1. The van der Waals surface area contributed by atoms with E-state index in [4.69, 9.17) is 13.9 Å². The molecule has 2 aromatic rings. The number of aromatic hydroxyl groups is 1. The van der Waals surface area contributed by atoms with Crippen molar-refractivity contribution in [2.24, 2.45) is 5.16 Å². The Kier molecular flexibility index (Phi) is 6.40. The third-order valence-corrected chi connectivity index (χ3v) is 5.77. The molecule has 1 aliphatic rings. The van der Waals surface area contributed by atoms with Crippen LogP contribution in [0.3, 0.4) is 0 Å². The zero-order valence-corrected chi connectivity index (χ0v) is 17.9. The van der Waals surface area contributed by atoms with Crippen LogP contribution in [0.2, 0.25) is 0 Å². The standard InChI is InChI=1S/C21H27NO9/c1-9-11(18-15(25)16(26)19(28-4)21(3,8-23)31-18)6-7-12-14(24)13(10(2)22-29-5)20(27)30-17(9)12/h6-7,15-16,18-19,23-26H,8H2,1-5H3/t15-,16-,18+,19-,21-/m1/s1. The number of methoxy groups -OCH3 is 1. The maximum absolute atomic E-state index is 12.5. The van der Waals surface area contributed by atoms with Crippen molar-refractivity contribution in [3.63, 3.8) is 0 Å². The quantitative estimate of drug-likeness (QED) is 0.301. The Hall–Kier alpha value is -2.50. The maximum Gasteiger partial charge on any atom is 0.349 e. The first-order valence-electron chi connectivity index (χ1n) is 9.66. The van der Waals surface area contributed by atoms with Gasteiger partial charge in [0.15, 0.2) is 0 Å². The van der Waals surface area contributed by atoms with Gasteiger partial charge < -0.3 is 39.2 Å². The molecule has 0 spiro atoms. The predicted molar refractivity (Wildman–Crippen MR) is 110 cm³/mol. The smallest absolute Gasteiger partial charge is 0.349 e. The Bertz CT molecular complexity index is 1060. The third-order valence-electron chi connectivity index (χ3n) is 5.77. The highest BCUT2D eigenvalue weighted by Crippen LogP contribution is 2.42. The molecule has 1 aromatic heterocycles. The van der Waals surface area contributed by atoms with Crippen molar-refractivity contribution >= 4 is 16.7 Å². The molecule has 5 atom stereocenters. The van der Waals surface area contributed by atoms with Gasteiger partial charge in [0, 0.05) is 7.11 Å². The topological polar surface area (TPSA) is 151 Å². The number of nitrogens with zero attached hydrogens (tertiary/aromatic N) is 1. The molecule has 170 valence electrons. The first kappa shape index (κ1) is 23.2. The summed E-state index contributed by atoms with van der Waals surface area (Å²) in [7, 11) is 2.67. The van der Waals surface area contributed by atoms with Crippen LogP contribution < -0.4 is 5.63 Å². The molecule has 3 rings (SSSR count). The molecule has 1 saturated heterocycles. The lowest BCUT2D eigenvalue weighted by Crippen LogP contribution is -2.62. The third kappa shape index (κ3) is 3.70. The summed E-state index contributed by atoms with van der Waals surface area (Å²) in [6.45, 7) is 4.24. The number of rotatable bonds is 5. The predicted octanol–water partition coefficient (Wildman–Crippen LogP) is 0.737. The minimum Gasteiger partial charge on any atom is -0.506 e. The normalized spacial score (nSPS) is 29.4. The Morgan fingerprint density at radius 2 is 1.94 bits per heavy atom. The molecule has 0 bridgehead atoms. The molecular weight excluding hydrogens is 410 g/mol. The number of hydrogen-bond donors (Lipinski definition) is 4. The molecule has 0 unspecified atom stereocenters. The lowest BCUT2D eigenvalue weighted by Gasteiger charge is -2.48. The number of oxime groups is 1. The summed E-state index contributed by atoms with van der Waals surface area (Å²) in [5, 5.41) is 45.7. The maximum atomic E-state index is 12.5. The molecule has 10 heteroatoms. The summed E-state index contributed by atoms with van der Waals surface area (Å²) in [5.41, 5.74) is -1.14. The summed E-state index contributed by atoms with van der Waals surface area (Å²) < 4.78 is 16.7. The van der Waals surface area contributed by atoms with E-state index in [0.717, 1.165) is 0 Å². The lowest BCUT2D eigenvalue weighted by atomic mass is 9.83. The van der Waals surface area contributed by atoms with Gasteiger partial charge in [-0.1, -0.05) is 11.2 Å². The second-order valence-electron chi connectivity index (χ2n) is 7.78. The van der Waals surface area contributed by atoms with E-state index in [1.807, 2.05) is 0 Å². The fraction of sp³-hybridized carbons (Fsp3) is 0.524. The average Bonchev–Trinajstić information content (AvgIpc) is 2.72. The van der Waals surface area contributed by atoms with Crippen LogP contribution in [0.5, 0.6) is 5.75 Å². The second-order valence-corrected chi connectivity index (χ2v) is 7.78. The Labute approximate surface area is 178 Å². The van der Waals surface area contributed by atoms with Crippen LogP contribution in [0.25, 0.3) is 11.0 Å². The highest BCUT2D eigenvalue weighted by Gasteiger charge is 2.52. The van der Waals surface area contributed by atoms with E-state index in [2.05, 4.69) is 9.99 Å². The highest BCUT2D eigenvalue weighted by molar-refractivity contribution is 6.04. The molecule has 0 saturated carbocycles. The Morgan fingerprint density at radius 3 is 2.52 bits per heavy atom. The van der Waals surface area contributed by atoms with Crippen molar-refractivity contribution in [3.8, 4) is 5.75 Å². The van der Waals surface area contributed by atoms with Gasteiger partial charge in [-0.3, -0.25) is 0 Å². The number of benzene rings is 1. The van der Waals surface area contributed by atoms with Gasteiger partial charge in [0.25, 0.3) is 0 Å². The van der Waals surface area contributed by atoms with Crippen molar-refractivity contribution in [1.82, 2.24) is 0 Å². The van der Waals surface area contributed by atoms with Gasteiger partial charge in [-0.25, -0.2) is 4.79 Å². The number of aliphatic hydroxyl groups is 3. The van der Waals surface area contributed by atoms with Gasteiger partial charge in [0.1, 0.15) is 54.0 Å². The van der Waals surface area contributed by atoms with E-state index in [0.29, 0.717) is 11.1 Å². The van der Waals surface area contributed by atoms with Crippen LogP contribution in [0.4, 0.5) is 0 Å². The molecule has 0 radical (unpaired) electrons. The van der Waals surface area contributed by atoms with E-state index in [-0.39, 0.29) is 28.0 Å². The summed E-state index contributed by atoms with van der Waals surface area (Å²) in [5.74, 6) is -0.316. The zero-order valence-electron chi connectivity index (χ0n) is 17.9. The van der Waals surface area contributed by atoms with Crippen molar-refractivity contribution in [3.05, 3.63) is 39.2 Å². The van der Waals surface area contributed by atoms with Crippen molar-refractivity contribution in [2.75, 3.05) is 20.8 Å². The summed E-state index contributed by atoms with van der Waals surface area (Å²) in [6.07, 6.45) is -4.73. The molecule has 31 heavy (non-hydrogen) atoms. The van der Waals surface area contributed by atoms with Gasteiger partial charge in [-0.15, -0.1) is 0 Å². The zero-order chi connectivity index (χ0) is 23.1. The van der Waals surface area contributed by atoms with Gasteiger partial charge in [0.05, 0.1) is 17.7 Å². The van der Waals surface area contributed by atoms with Crippen LogP contribution in [0, 0.1) is 6.92 Å². The van der Waals surface area contributed by atoms with E-state index in [1.165, 1.54) is 27.2 Å².